The van der Waals surface area contributed by atoms with Gasteiger partial charge in [0.2, 0.25) is 5.91 Å². The average molecular weight is 183 g/mol. The molecule has 0 saturated carbocycles. The first-order valence-corrected chi connectivity index (χ1v) is 3.48. The van der Waals surface area contributed by atoms with Gasteiger partial charge in [0.1, 0.15) is 6.54 Å². The van der Waals surface area contributed by atoms with Crippen molar-refractivity contribution in [3.63, 3.8) is 0 Å². The molecule has 0 rings (SSSR count). The van der Waals surface area contributed by atoms with Gasteiger partial charge in [-0.05, 0) is 0 Å². The average Bonchev–Trinajstić information content (AvgIpc) is 1.78. The normalized spacial score (nSPS) is 12.8. The highest BCUT2D eigenvalue weighted by molar-refractivity contribution is 5.81. The first-order chi connectivity index (χ1) is 5.13. The van der Waals surface area contributed by atoms with Gasteiger partial charge >= 0.3 is 6.18 Å². The van der Waals surface area contributed by atoms with Crippen molar-refractivity contribution in [3.8, 4) is 0 Å². The summed E-state index contributed by atoms with van der Waals surface area (Å²) in [6.45, 7) is 3.40. The molecule has 0 saturated heterocycles. The molecule has 2 nitrogen and oxygen atoms in total. The van der Waals surface area contributed by atoms with Crippen LogP contribution < -0.4 is 5.32 Å². The van der Waals surface area contributed by atoms with Crippen molar-refractivity contribution in [3.05, 3.63) is 0 Å². The Morgan fingerprint density at radius 1 is 1.25 bits per heavy atom. The molecule has 0 bridgehead atoms. The maximum atomic E-state index is 11.6. The Labute approximate surface area is 69.1 Å². The van der Waals surface area contributed by atoms with Crippen LogP contribution in [0.3, 0.4) is 0 Å². The third kappa shape index (κ3) is 4.98. The first kappa shape index (κ1) is 11.3. The standard InChI is InChI=1S/C7H12F3NO/c1-6(2,3)5(12)11-4-7(8,9)10/h4H2,1-3H3,(H,11,12). The van der Waals surface area contributed by atoms with Gasteiger partial charge < -0.3 is 5.32 Å². The summed E-state index contributed by atoms with van der Waals surface area (Å²) in [5, 5.41) is 1.80. The lowest BCUT2D eigenvalue weighted by molar-refractivity contribution is -0.143. The molecular formula is C7H12F3NO. The first-order valence-electron chi connectivity index (χ1n) is 3.48. The lowest BCUT2D eigenvalue weighted by Gasteiger charge is -2.18. The summed E-state index contributed by atoms with van der Waals surface area (Å²) in [6, 6.07) is 0. The third-order valence-electron chi connectivity index (χ3n) is 1.13. The van der Waals surface area contributed by atoms with Crippen LogP contribution in [-0.2, 0) is 4.79 Å². The molecule has 72 valence electrons. The van der Waals surface area contributed by atoms with Crippen LogP contribution in [0.5, 0.6) is 0 Å². The van der Waals surface area contributed by atoms with Gasteiger partial charge in [0.05, 0.1) is 0 Å². The van der Waals surface area contributed by atoms with Gasteiger partial charge in [-0.3, -0.25) is 4.79 Å². The molecule has 1 amide bonds. The highest BCUT2D eigenvalue weighted by Gasteiger charge is 2.30. The lowest BCUT2D eigenvalue weighted by Crippen LogP contribution is -2.40. The Kier molecular flexibility index (Phi) is 3.12. The van der Waals surface area contributed by atoms with Crippen molar-refractivity contribution >= 4 is 5.91 Å². The molecule has 0 atom stereocenters. The molecule has 0 fully saturated rings. The van der Waals surface area contributed by atoms with Gasteiger partial charge in [-0.15, -0.1) is 0 Å². The van der Waals surface area contributed by atoms with Gasteiger partial charge in [0.15, 0.2) is 0 Å². The number of amides is 1. The summed E-state index contributed by atoms with van der Waals surface area (Å²) in [7, 11) is 0. The minimum absolute atomic E-state index is 0.597. The molecular weight excluding hydrogens is 171 g/mol. The Balaban J connectivity index is 3.90. The van der Waals surface area contributed by atoms with E-state index in [0.717, 1.165) is 0 Å². The van der Waals surface area contributed by atoms with Gasteiger partial charge in [-0.1, -0.05) is 20.8 Å². The summed E-state index contributed by atoms with van der Waals surface area (Å²) < 4.78 is 34.8. The fourth-order valence-corrected chi connectivity index (χ4v) is 0.446. The second-order valence-electron chi connectivity index (χ2n) is 3.55. The van der Waals surface area contributed by atoms with Crippen LogP contribution in [0.1, 0.15) is 20.8 Å². The van der Waals surface area contributed by atoms with E-state index >= 15 is 0 Å². The molecule has 0 heterocycles. The predicted octanol–water partition coefficient (Wildman–Crippen LogP) is 1.71. The highest BCUT2D eigenvalue weighted by atomic mass is 19.4. The summed E-state index contributed by atoms with van der Waals surface area (Å²) in [4.78, 5) is 10.9. The Bertz CT molecular complexity index is 168. The number of rotatable bonds is 1. The quantitative estimate of drug-likeness (QED) is 0.658. The number of hydrogen-bond acceptors (Lipinski definition) is 1. The number of nitrogens with one attached hydrogen (secondary N) is 1. The molecule has 1 N–H and O–H groups in total. The van der Waals surface area contributed by atoms with Crippen LogP contribution in [0.2, 0.25) is 0 Å². The van der Waals surface area contributed by atoms with Crippen LogP contribution in [0.4, 0.5) is 13.2 Å². The molecule has 0 aliphatic rings. The SMILES string of the molecule is CC(C)(C)C(=O)NCC(F)(F)F. The summed E-state index contributed by atoms with van der Waals surface area (Å²) in [5.41, 5.74) is -0.773. The van der Waals surface area contributed by atoms with E-state index in [1.807, 2.05) is 0 Å². The molecule has 0 spiro atoms. The van der Waals surface area contributed by atoms with E-state index < -0.39 is 24.0 Å². The van der Waals surface area contributed by atoms with Crippen LogP contribution >= 0.6 is 0 Å². The van der Waals surface area contributed by atoms with Crippen LogP contribution in [0, 0.1) is 5.41 Å². The minimum Gasteiger partial charge on any atom is -0.347 e. The summed E-state index contributed by atoms with van der Waals surface area (Å²) in [6.07, 6.45) is -4.33. The van der Waals surface area contributed by atoms with Crippen LogP contribution in [-0.4, -0.2) is 18.6 Å². The van der Waals surface area contributed by atoms with Crippen LogP contribution in [0.15, 0.2) is 0 Å². The Morgan fingerprint density at radius 3 is 1.92 bits per heavy atom. The van der Waals surface area contributed by atoms with Crippen molar-refractivity contribution < 1.29 is 18.0 Å². The zero-order chi connectivity index (χ0) is 9.99. The van der Waals surface area contributed by atoms with Crippen molar-refractivity contribution in [1.29, 1.82) is 0 Å². The van der Waals surface area contributed by atoms with Gasteiger partial charge in [0, 0.05) is 5.41 Å². The zero-order valence-electron chi connectivity index (χ0n) is 7.25. The molecule has 12 heavy (non-hydrogen) atoms. The van der Waals surface area contributed by atoms with E-state index in [4.69, 9.17) is 0 Å². The number of hydrogen-bond donors (Lipinski definition) is 1. The number of halogens is 3. The molecule has 0 aromatic rings. The maximum Gasteiger partial charge on any atom is 0.405 e. The topological polar surface area (TPSA) is 29.1 Å². The number of carbonyl (C=O) groups is 1. The van der Waals surface area contributed by atoms with E-state index in [2.05, 4.69) is 0 Å². The number of carbonyl (C=O) groups excluding carboxylic acids is 1. The second kappa shape index (κ2) is 3.33. The summed E-state index contributed by atoms with van der Waals surface area (Å²) >= 11 is 0. The molecule has 0 radical (unpaired) electrons. The van der Waals surface area contributed by atoms with Gasteiger partial charge in [0.25, 0.3) is 0 Å². The lowest BCUT2D eigenvalue weighted by atomic mass is 9.96. The van der Waals surface area contributed by atoms with E-state index in [1.165, 1.54) is 0 Å². The van der Waals surface area contributed by atoms with Crippen molar-refractivity contribution in [2.45, 2.75) is 26.9 Å². The molecule has 0 unspecified atom stereocenters. The number of alkyl halides is 3. The van der Waals surface area contributed by atoms with Crippen molar-refractivity contribution in [2.24, 2.45) is 5.41 Å². The summed E-state index contributed by atoms with van der Waals surface area (Å²) in [5.74, 6) is -0.597. The van der Waals surface area contributed by atoms with E-state index in [0.29, 0.717) is 0 Å². The fraction of sp³-hybridized carbons (Fsp3) is 0.857. The molecule has 0 aliphatic heterocycles. The second-order valence-corrected chi connectivity index (χ2v) is 3.55. The van der Waals surface area contributed by atoms with Gasteiger partial charge in [-0.2, -0.15) is 13.2 Å². The molecule has 0 aliphatic carbocycles. The smallest absolute Gasteiger partial charge is 0.347 e. The monoisotopic (exact) mass is 183 g/mol. The van der Waals surface area contributed by atoms with E-state index in [-0.39, 0.29) is 0 Å². The largest absolute Gasteiger partial charge is 0.405 e. The third-order valence-corrected chi connectivity index (χ3v) is 1.13. The minimum atomic E-state index is -4.33. The Hall–Kier alpha value is -0.740. The highest BCUT2D eigenvalue weighted by Crippen LogP contribution is 2.16. The van der Waals surface area contributed by atoms with Crippen molar-refractivity contribution in [1.82, 2.24) is 5.32 Å². The van der Waals surface area contributed by atoms with E-state index in [1.54, 1.807) is 26.1 Å². The maximum absolute atomic E-state index is 11.6. The molecule has 0 aromatic carbocycles. The van der Waals surface area contributed by atoms with E-state index in [9.17, 15) is 18.0 Å². The van der Waals surface area contributed by atoms with Crippen molar-refractivity contribution in [2.75, 3.05) is 6.54 Å². The zero-order valence-corrected chi connectivity index (χ0v) is 7.25. The van der Waals surface area contributed by atoms with Crippen LogP contribution in [0.25, 0.3) is 0 Å². The van der Waals surface area contributed by atoms with Gasteiger partial charge in [-0.25, -0.2) is 0 Å². The predicted molar refractivity (Wildman–Crippen MR) is 38.5 cm³/mol. The Morgan fingerprint density at radius 2 is 1.67 bits per heavy atom. The molecule has 0 aromatic heterocycles. The molecule has 5 heteroatoms. The fourth-order valence-electron chi connectivity index (χ4n) is 0.446.